The van der Waals surface area contributed by atoms with E-state index >= 15 is 8.78 Å². The largest absolute Gasteiger partial charge is 0.433 e. The minimum atomic E-state index is -5.04. The Kier molecular flexibility index (Phi) is 9.29. The van der Waals surface area contributed by atoms with Crippen LogP contribution in [0.2, 0.25) is 5.02 Å². The van der Waals surface area contributed by atoms with Gasteiger partial charge in [-0.3, -0.25) is 28.2 Å². The Morgan fingerprint density at radius 1 is 1.05 bits per heavy atom. The van der Waals surface area contributed by atoms with E-state index in [-0.39, 0.29) is 45.0 Å². The summed E-state index contributed by atoms with van der Waals surface area (Å²) in [5, 5.41) is 9.54. The third-order valence-electron chi connectivity index (χ3n) is 9.96. The molecule has 8 rings (SSSR count). The number of benzene rings is 2. The molecule has 3 atom stereocenters. The van der Waals surface area contributed by atoms with Gasteiger partial charge in [0, 0.05) is 31.0 Å². The zero-order valence-corrected chi connectivity index (χ0v) is 31.5. The van der Waals surface area contributed by atoms with Gasteiger partial charge in [0.1, 0.15) is 41.1 Å². The Balaban J connectivity index is 1.35. The SMILES string of the molecule is Cn1nc(NS(C)(=O)=O)c2c(Cl)ccc(-n3c(C(Cc4cc(F)cc(F)c4)NC(=O)Cn4nc(C(F)F)c5c4C(F)(F)[C@@H]4C[C@H]54)nc4nc(C(F)(F)F)ccc4c3=O)c21. The van der Waals surface area contributed by atoms with Crippen LogP contribution in [-0.4, -0.2) is 54.7 Å². The van der Waals surface area contributed by atoms with Gasteiger partial charge in [-0.25, -0.2) is 35.9 Å². The number of aromatic nitrogens is 7. The molecule has 1 amide bonds. The molecule has 1 fully saturated rings. The fourth-order valence-corrected chi connectivity index (χ4v) is 8.35. The third kappa shape index (κ3) is 7.02. The fourth-order valence-electron chi connectivity index (χ4n) is 7.62. The van der Waals surface area contributed by atoms with Crippen LogP contribution in [0.5, 0.6) is 0 Å². The summed E-state index contributed by atoms with van der Waals surface area (Å²) >= 11 is 6.49. The highest BCUT2D eigenvalue weighted by atomic mass is 35.5. The molecule has 0 bridgehead atoms. The molecule has 2 aliphatic rings. The van der Waals surface area contributed by atoms with E-state index in [0.29, 0.717) is 16.8 Å². The Morgan fingerprint density at radius 2 is 1.75 bits per heavy atom. The number of nitrogens with one attached hydrogen (secondary N) is 2. The van der Waals surface area contributed by atoms with Crippen LogP contribution < -0.4 is 15.6 Å². The second-order valence-electron chi connectivity index (χ2n) is 14.1. The number of rotatable bonds is 10. The second-order valence-corrected chi connectivity index (χ2v) is 16.2. The topological polar surface area (TPSA) is 159 Å². The van der Waals surface area contributed by atoms with Crippen LogP contribution in [-0.2, 0) is 46.9 Å². The lowest BCUT2D eigenvalue weighted by molar-refractivity contribution is -0.141. The van der Waals surface area contributed by atoms with Gasteiger partial charge in [-0.05, 0) is 54.3 Å². The Bertz CT molecular complexity index is 2910. The molecule has 310 valence electrons. The number of aryl methyl sites for hydroxylation is 1. The molecular formula is C35H25ClF9N9O4S. The number of sulfonamides is 1. The zero-order valence-electron chi connectivity index (χ0n) is 29.9. The number of amides is 1. The number of nitrogens with zero attached hydrogens (tertiary/aromatic N) is 7. The normalized spacial score (nSPS) is 17.7. The van der Waals surface area contributed by atoms with Gasteiger partial charge in [-0.15, -0.1) is 0 Å². The van der Waals surface area contributed by atoms with E-state index in [1.807, 2.05) is 0 Å². The van der Waals surface area contributed by atoms with Crippen LogP contribution in [0.4, 0.5) is 45.3 Å². The van der Waals surface area contributed by atoms with E-state index in [2.05, 4.69) is 30.2 Å². The minimum Gasteiger partial charge on any atom is -0.344 e. The van der Waals surface area contributed by atoms with E-state index in [4.69, 9.17) is 11.6 Å². The highest BCUT2D eigenvalue weighted by molar-refractivity contribution is 7.92. The first-order chi connectivity index (χ1) is 27.5. The second kappa shape index (κ2) is 13.7. The summed E-state index contributed by atoms with van der Waals surface area (Å²) in [5.74, 6) is -10.2. The summed E-state index contributed by atoms with van der Waals surface area (Å²) in [5.41, 5.74) is -6.09. The molecule has 4 heterocycles. The summed E-state index contributed by atoms with van der Waals surface area (Å²) in [6, 6.07) is 4.14. The van der Waals surface area contributed by atoms with Crippen molar-refractivity contribution in [1.82, 2.24) is 39.4 Å². The number of pyridine rings is 1. The molecule has 13 nitrogen and oxygen atoms in total. The van der Waals surface area contributed by atoms with Crippen LogP contribution in [0.15, 0.2) is 47.3 Å². The van der Waals surface area contributed by atoms with Crippen molar-refractivity contribution in [2.45, 2.75) is 49.9 Å². The van der Waals surface area contributed by atoms with E-state index in [0.717, 1.165) is 33.7 Å². The van der Waals surface area contributed by atoms with Crippen molar-refractivity contribution in [2.75, 3.05) is 11.0 Å². The molecule has 2 aromatic carbocycles. The lowest BCUT2D eigenvalue weighted by Gasteiger charge is -2.24. The van der Waals surface area contributed by atoms with Crippen LogP contribution in [0.3, 0.4) is 0 Å². The fraction of sp³-hybridized carbons (Fsp3) is 0.314. The van der Waals surface area contributed by atoms with E-state index in [1.165, 1.54) is 19.2 Å². The van der Waals surface area contributed by atoms with Crippen LogP contribution in [0.25, 0.3) is 27.6 Å². The predicted octanol–water partition coefficient (Wildman–Crippen LogP) is 6.43. The van der Waals surface area contributed by atoms with Gasteiger partial charge in [0.25, 0.3) is 17.9 Å². The number of anilines is 1. The van der Waals surface area contributed by atoms with Crippen molar-refractivity contribution in [2.24, 2.45) is 13.0 Å². The Morgan fingerprint density at radius 3 is 2.39 bits per heavy atom. The average Bonchev–Trinajstić information content (AvgIpc) is 3.66. The van der Waals surface area contributed by atoms with Crippen molar-refractivity contribution in [3.8, 4) is 5.69 Å². The molecule has 59 heavy (non-hydrogen) atoms. The molecule has 1 saturated carbocycles. The predicted molar refractivity (Wildman–Crippen MR) is 191 cm³/mol. The summed E-state index contributed by atoms with van der Waals surface area (Å²) < 4.78 is 159. The Labute approximate surface area is 329 Å². The molecule has 4 aromatic heterocycles. The van der Waals surface area contributed by atoms with Crippen LogP contribution in [0.1, 0.15) is 58.8 Å². The third-order valence-corrected chi connectivity index (χ3v) is 10.8. The van der Waals surface area contributed by atoms with Crippen molar-refractivity contribution in [3.05, 3.63) is 104 Å². The summed E-state index contributed by atoms with van der Waals surface area (Å²) in [7, 11) is -2.66. The van der Waals surface area contributed by atoms with Gasteiger partial charge in [0.15, 0.2) is 11.5 Å². The van der Waals surface area contributed by atoms with Crippen LogP contribution in [0, 0.1) is 17.6 Å². The molecule has 0 radical (unpaired) electrons. The quantitative estimate of drug-likeness (QED) is 0.149. The smallest absolute Gasteiger partial charge is 0.344 e. The van der Waals surface area contributed by atoms with Crippen molar-refractivity contribution in [1.29, 1.82) is 0 Å². The summed E-state index contributed by atoms with van der Waals surface area (Å²) in [6.45, 7) is -1.13. The number of carbonyl (C=O) groups excluding carboxylic acids is 1. The van der Waals surface area contributed by atoms with Crippen molar-refractivity contribution in [3.63, 3.8) is 0 Å². The van der Waals surface area contributed by atoms with Gasteiger partial charge < -0.3 is 5.32 Å². The van der Waals surface area contributed by atoms with Crippen molar-refractivity contribution < 1.29 is 52.7 Å². The first kappa shape index (κ1) is 40.1. The zero-order chi connectivity index (χ0) is 42.7. The number of halogens is 10. The number of hydrogen-bond acceptors (Lipinski definition) is 8. The van der Waals surface area contributed by atoms with Gasteiger partial charge in [-0.2, -0.15) is 32.1 Å². The summed E-state index contributed by atoms with van der Waals surface area (Å²) in [4.78, 5) is 36.3. The maximum absolute atomic E-state index is 15.4. The van der Waals surface area contributed by atoms with E-state index < -0.39 is 116 Å². The molecule has 2 N–H and O–H groups in total. The van der Waals surface area contributed by atoms with E-state index in [9.17, 15) is 48.7 Å². The van der Waals surface area contributed by atoms with Crippen LogP contribution >= 0.6 is 11.6 Å². The van der Waals surface area contributed by atoms with Crippen molar-refractivity contribution >= 4 is 55.3 Å². The highest BCUT2D eigenvalue weighted by Crippen LogP contribution is 2.68. The highest BCUT2D eigenvalue weighted by Gasteiger charge is 2.67. The van der Waals surface area contributed by atoms with Gasteiger partial charge >= 0.3 is 6.18 Å². The molecule has 0 aliphatic heterocycles. The molecule has 0 saturated heterocycles. The number of carbonyl (C=O) groups is 1. The lowest BCUT2D eigenvalue weighted by Crippen LogP contribution is -2.38. The van der Waals surface area contributed by atoms with Gasteiger partial charge in [0.2, 0.25) is 15.9 Å². The molecule has 1 unspecified atom stereocenters. The number of fused-ring (bicyclic) bond motifs is 5. The molecule has 2 aliphatic carbocycles. The maximum atomic E-state index is 15.4. The number of alkyl halides is 7. The maximum Gasteiger partial charge on any atom is 0.433 e. The lowest BCUT2D eigenvalue weighted by atomic mass is 10.0. The molecular weight excluding hydrogens is 849 g/mol. The minimum absolute atomic E-state index is 0.0673. The number of hydrogen-bond donors (Lipinski definition) is 2. The first-order valence-corrected chi connectivity index (χ1v) is 19.5. The first-order valence-electron chi connectivity index (χ1n) is 17.2. The average molecular weight is 874 g/mol. The molecule has 6 aromatic rings. The van der Waals surface area contributed by atoms with E-state index in [1.54, 1.807) is 0 Å². The summed E-state index contributed by atoms with van der Waals surface area (Å²) in [6.07, 6.45) is -8.25. The van der Waals surface area contributed by atoms with Gasteiger partial charge in [-0.1, -0.05) is 11.6 Å². The molecule has 24 heteroatoms. The standard InChI is InChI=1S/C35H25ClF9N9O4S/c1-52-27-21(5-4-19(36)25(27)31(50-52)51-59(2,57)58)54-32(48-30-16(33(54)56)3-6-22(47-30)35(43,44)45)20(9-13-7-14(37)10-15(38)8-13)46-23(55)12-53-28-24(26(49-53)29(39)40)17-11-18(17)34(28,41)42/h3-8,10,17-18,20,29H,9,11-12H2,1-2H3,(H,46,55)(H,50,51)/t17-,18+,20?/m0/s1. The molecule has 0 spiro atoms. The Hall–Kier alpha value is -5.71. The monoisotopic (exact) mass is 873 g/mol. The van der Waals surface area contributed by atoms with Gasteiger partial charge in [0.05, 0.1) is 39.3 Å².